The Labute approximate surface area is 281 Å². The van der Waals surface area contributed by atoms with E-state index in [0.29, 0.717) is 18.5 Å². The largest absolute Gasteiger partial charge is 0.386 e. The third-order valence-electron chi connectivity index (χ3n) is 9.58. The van der Waals surface area contributed by atoms with E-state index in [-0.39, 0.29) is 42.6 Å². The lowest BCUT2D eigenvalue weighted by molar-refractivity contribution is -0.146. The van der Waals surface area contributed by atoms with E-state index in [1.54, 1.807) is 58.8 Å². The summed E-state index contributed by atoms with van der Waals surface area (Å²) in [6.45, 7) is 11.0. The van der Waals surface area contributed by atoms with Gasteiger partial charge in [-0.1, -0.05) is 63.9 Å². The van der Waals surface area contributed by atoms with Gasteiger partial charge < -0.3 is 40.7 Å². The summed E-state index contributed by atoms with van der Waals surface area (Å²) < 4.78 is 11.8. The van der Waals surface area contributed by atoms with E-state index in [9.17, 15) is 24.3 Å². The molecule has 0 bridgehead atoms. The molecule has 1 aromatic rings. The lowest BCUT2D eigenvalue weighted by atomic mass is 9.87. The van der Waals surface area contributed by atoms with Gasteiger partial charge in [-0.3, -0.25) is 19.2 Å². The summed E-state index contributed by atoms with van der Waals surface area (Å²) in [5, 5.41) is 16.3. The Morgan fingerprint density at radius 1 is 1.09 bits per heavy atom. The number of rotatable bonds is 18. The Morgan fingerprint density at radius 2 is 1.70 bits per heavy atom. The van der Waals surface area contributed by atoms with E-state index < -0.39 is 47.8 Å². The fourth-order valence-corrected chi connectivity index (χ4v) is 6.61. The minimum absolute atomic E-state index is 0.0330. The normalized spacial score (nSPS) is 19.0. The second kappa shape index (κ2) is 18.5. The summed E-state index contributed by atoms with van der Waals surface area (Å²) in [4.78, 5) is 56.3. The number of likely N-dealkylation sites (tertiary alicyclic amines) is 1. The van der Waals surface area contributed by atoms with E-state index in [2.05, 4.69) is 10.6 Å². The number of carbonyl (C=O) groups is 4. The van der Waals surface area contributed by atoms with Crippen molar-refractivity contribution in [3.63, 3.8) is 0 Å². The zero-order chi connectivity index (χ0) is 35.5. The first-order valence-corrected chi connectivity index (χ1v) is 16.8. The van der Waals surface area contributed by atoms with Crippen LogP contribution in [0.1, 0.15) is 85.3 Å². The predicted octanol–water partition coefficient (Wildman–Crippen LogP) is 2.39. The zero-order valence-corrected chi connectivity index (χ0v) is 29.8. The standard InChI is InChI=1S/C35H59N5O7/c1-10-24(11-2)30(39(7)29(42)21-37-34(45)35(5,6)36)27(46-8)20-28(41)40-19-15-18-26(40)32(47-9)22(3)33(44)38-23(4)31(43)25-16-13-12-14-17-25/h12-14,16-17,22-24,26-27,30-32,43H,10-11,15,18-21,36H2,1-9H3,(H,37,45)(H,38,44). The number of nitrogens with one attached hydrogen (secondary N) is 2. The van der Waals surface area contributed by atoms with Crippen molar-refractivity contribution in [1.29, 1.82) is 0 Å². The van der Waals surface area contributed by atoms with Crippen LogP contribution in [0.15, 0.2) is 30.3 Å². The van der Waals surface area contributed by atoms with Crippen molar-refractivity contribution in [1.82, 2.24) is 20.4 Å². The zero-order valence-electron chi connectivity index (χ0n) is 29.8. The van der Waals surface area contributed by atoms with Gasteiger partial charge in [-0.2, -0.15) is 0 Å². The van der Waals surface area contributed by atoms with Crippen LogP contribution in [-0.4, -0.2) is 109 Å². The molecule has 5 N–H and O–H groups in total. The third kappa shape index (κ3) is 10.7. The fourth-order valence-electron chi connectivity index (χ4n) is 6.61. The van der Waals surface area contributed by atoms with Crippen molar-refractivity contribution in [2.75, 3.05) is 34.4 Å². The second-order valence-corrected chi connectivity index (χ2v) is 13.4. The van der Waals surface area contributed by atoms with Crippen LogP contribution >= 0.6 is 0 Å². The predicted molar refractivity (Wildman–Crippen MR) is 181 cm³/mol. The molecule has 1 saturated heterocycles. The Balaban J connectivity index is 2.18. The van der Waals surface area contributed by atoms with Crippen molar-refractivity contribution in [2.24, 2.45) is 17.6 Å². The molecular weight excluding hydrogens is 602 g/mol. The van der Waals surface area contributed by atoms with Crippen LogP contribution in [0.2, 0.25) is 0 Å². The first-order chi connectivity index (χ1) is 22.1. The minimum Gasteiger partial charge on any atom is -0.386 e. The Bertz CT molecular complexity index is 1160. The molecule has 7 atom stereocenters. The lowest BCUT2D eigenvalue weighted by Gasteiger charge is -2.40. The van der Waals surface area contributed by atoms with Gasteiger partial charge in [0.15, 0.2) is 0 Å². The first-order valence-electron chi connectivity index (χ1n) is 16.8. The molecule has 0 radical (unpaired) electrons. The van der Waals surface area contributed by atoms with E-state index in [1.807, 2.05) is 44.2 Å². The van der Waals surface area contributed by atoms with Crippen molar-refractivity contribution in [2.45, 2.75) is 116 Å². The van der Waals surface area contributed by atoms with Gasteiger partial charge in [-0.15, -0.1) is 0 Å². The number of aliphatic hydroxyl groups excluding tert-OH is 1. The quantitative estimate of drug-likeness (QED) is 0.186. The van der Waals surface area contributed by atoms with Crippen molar-refractivity contribution < 1.29 is 33.8 Å². The first kappa shape index (κ1) is 40.1. The number of benzene rings is 1. The van der Waals surface area contributed by atoms with Crippen LogP contribution in [-0.2, 0) is 28.7 Å². The van der Waals surface area contributed by atoms with Crippen LogP contribution in [0.3, 0.4) is 0 Å². The fraction of sp³-hybridized carbons (Fsp3) is 0.714. The number of carbonyl (C=O) groups excluding carboxylic acids is 4. The van der Waals surface area contributed by atoms with Crippen LogP contribution in [0, 0.1) is 11.8 Å². The minimum atomic E-state index is -1.12. The number of amides is 4. The molecule has 1 aromatic carbocycles. The topological polar surface area (TPSA) is 164 Å². The number of hydrogen-bond acceptors (Lipinski definition) is 8. The molecule has 1 aliphatic heterocycles. The van der Waals surface area contributed by atoms with Crippen LogP contribution < -0.4 is 16.4 Å². The summed E-state index contributed by atoms with van der Waals surface area (Å²) >= 11 is 0. The maximum Gasteiger partial charge on any atom is 0.242 e. The maximum absolute atomic E-state index is 14.0. The lowest BCUT2D eigenvalue weighted by Crippen LogP contribution is -2.56. The van der Waals surface area contributed by atoms with Gasteiger partial charge in [0.05, 0.1) is 60.9 Å². The number of hydrogen-bond donors (Lipinski definition) is 4. The summed E-state index contributed by atoms with van der Waals surface area (Å²) in [5.74, 6) is -1.71. The summed E-state index contributed by atoms with van der Waals surface area (Å²) in [6.07, 6.45) is 0.939. The Hall–Kier alpha value is -3.06. The van der Waals surface area contributed by atoms with Gasteiger partial charge in [0, 0.05) is 27.8 Å². The van der Waals surface area contributed by atoms with E-state index in [4.69, 9.17) is 15.2 Å². The van der Waals surface area contributed by atoms with Gasteiger partial charge in [-0.05, 0) is 45.1 Å². The van der Waals surface area contributed by atoms with Crippen LogP contribution in [0.25, 0.3) is 0 Å². The molecule has 47 heavy (non-hydrogen) atoms. The average Bonchev–Trinajstić information content (AvgIpc) is 3.54. The molecule has 2 rings (SSSR count). The molecule has 0 spiro atoms. The van der Waals surface area contributed by atoms with Gasteiger partial charge in [0.1, 0.15) is 0 Å². The van der Waals surface area contributed by atoms with Crippen LogP contribution in [0.4, 0.5) is 0 Å². The molecule has 1 fully saturated rings. The third-order valence-corrected chi connectivity index (χ3v) is 9.58. The highest BCUT2D eigenvalue weighted by atomic mass is 16.5. The monoisotopic (exact) mass is 661 g/mol. The molecule has 12 heteroatoms. The highest BCUT2D eigenvalue weighted by molar-refractivity contribution is 5.89. The van der Waals surface area contributed by atoms with Gasteiger partial charge in [-0.25, -0.2) is 0 Å². The molecule has 7 unspecified atom stereocenters. The highest BCUT2D eigenvalue weighted by Gasteiger charge is 2.42. The summed E-state index contributed by atoms with van der Waals surface area (Å²) in [6, 6.07) is 7.87. The number of nitrogens with two attached hydrogens (primary N) is 1. The number of nitrogens with zero attached hydrogens (tertiary/aromatic N) is 2. The Morgan fingerprint density at radius 3 is 2.23 bits per heavy atom. The van der Waals surface area contributed by atoms with Gasteiger partial charge in [0.2, 0.25) is 23.6 Å². The van der Waals surface area contributed by atoms with Gasteiger partial charge in [0.25, 0.3) is 0 Å². The molecular formula is C35H59N5O7. The second-order valence-electron chi connectivity index (χ2n) is 13.4. The van der Waals surface area contributed by atoms with E-state index >= 15 is 0 Å². The molecule has 266 valence electrons. The molecule has 0 saturated carbocycles. The van der Waals surface area contributed by atoms with Crippen molar-refractivity contribution >= 4 is 23.6 Å². The molecule has 12 nitrogen and oxygen atoms in total. The number of methoxy groups -OCH3 is 2. The van der Waals surface area contributed by atoms with Crippen molar-refractivity contribution in [3.8, 4) is 0 Å². The van der Waals surface area contributed by atoms with E-state index in [1.165, 1.54) is 0 Å². The van der Waals surface area contributed by atoms with Gasteiger partial charge >= 0.3 is 0 Å². The molecule has 1 aliphatic rings. The molecule has 4 amide bonds. The number of aliphatic hydroxyl groups is 1. The molecule has 1 heterocycles. The maximum atomic E-state index is 14.0. The average molecular weight is 662 g/mol. The summed E-state index contributed by atoms with van der Waals surface area (Å²) in [5.41, 5.74) is 5.45. The van der Waals surface area contributed by atoms with Crippen LogP contribution in [0.5, 0.6) is 0 Å². The molecule has 0 aromatic heterocycles. The van der Waals surface area contributed by atoms with Crippen molar-refractivity contribution in [3.05, 3.63) is 35.9 Å². The number of ether oxygens (including phenoxy) is 2. The Kier molecular flexibility index (Phi) is 15.8. The SMILES string of the molecule is CCC(CC)C(C(CC(=O)N1CCCC1C(OC)C(C)C(=O)NC(C)C(O)c1ccccc1)OC)N(C)C(=O)CNC(=O)C(C)(C)N. The highest BCUT2D eigenvalue weighted by Crippen LogP contribution is 2.30. The number of likely N-dealkylation sites (N-methyl/N-ethyl adjacent to an activating group) is 1. The smallest absolute Gasteiger partial charge is 0.242 e. The van der Waals surface area contributed by atoms with E-state index in [0.717, 1.165) is 19.3 Å². The summed E-state index contributed by atoms with van der Waals surface area (Å²) in [7, 11) is 4.77. The molecule has 0 aliphatic carbocycles.